The number of carbonyl (C=O) groups is 2. The highest BCUT2D eigenvalue weighted by molar-refractivity contribution is 5.97. The molecule has 2 amide bonds. The number of ether oxygens (including phenoxy) is 1. The minimum absolute atomic E-state index is 0.0124. The van der Waals surface area contributed by atoms with E-state index in [1.807, 2.05) is 92.6 Å². The molecule has 0 unspecified atom stereocenters. The summed E-state index contributed by atoms with van der Waals surface area (Å²) in [7, 11) is 9.43. The van der Waals surface area contributed by atoms with E-state index in [2.05, 4.69) is 46.4 Å². The molecule has 58 heavy (non-hydrogen) atoms. The fraction of sp³-hybridized carbons (Fsp3) is 0.568. The van der Waals surface area contributed by atoms with E-state index in [0.29, 0.717) is 42.0 Å². The molecule has 0 spiro atoms. The molecule has 3 N–H and O–H groups in total. The molecule has 3 aliphatic carbocycles. The smallest absolute Gasteiger partial charge is 0.251 e. The highest BCUT2D eigenvalue weighted by Gasteiger charge is 2.57. The van der Waals surface area contributed by atoms with Crippen LogP contribution in [-0.4, -0.2) is 111 Å². The van der Waals surface area contributed by atoms with Gasteiger partial charge in [-0.2, -0.15) is 5.06 Å². The van der Waals surface area contributed by atoms with E-state index >= 15 is 0 Å². The summed E-state index contributed by atoms with van der Waals surface area (Å²) in [5.74, 6) is 0.880. The van der Waals surface area contributed by atoms with Crippen LogP contribution in [0.25, 0.3) is 21.6 Å². The molecule has 14 heteroatoms. The molecule has 3 aromatic rings. The van der Waals surface area contributed by atoms with Gasteiger partial charge in [-0.05, 0) is 98.5 Å². The molecule has 4 fully saturated rings. The number of hydrogen-bond acceptors (Lipinski definition) is 10. The first kappa shape index (κ1) is 42.9. The molecule has 1 aliphatic heterocycles. The van der Waals surface area contributed by atoms with E-state index < -0.39 is 24.2 Å². The molecule has 3 saturated carbocycles. The first-order valence-corrected chi connectivity index (χ1v) is 20.4. The molecular formula is C44H61N9O5. The number of hydroxylamine groups is 2. The molecule has 2 aromatic carbocycles. The van der Waals surface area contributed by atoms with E-state index in [-0.39, 0.29) is 42.4 Å². The number of nitrogens with one attached hydrogen (secondary N) is 2. The van der Waals surface area contributed by atoms with Gasteiger partial charge >= 0.3 is 0 Å². The number of pyridine rings is 1. The first-order chi connectivity index (χ1) is 27.6. The minimum Gasteiger partial charge on any atom is -0.496 e. The summed E-state index contributed by atoms with van der Waals surface area (Å²) in [4.78, 5) is 46.3. The summed E-state index contributed by atoms with van der Waals surface area (Å²) in [5.41, 5.74) is 14.0. The minimum atomic E-state index is -0.927. The van der Waals surface area contributed by atoms with Crippen molar-refractivity contribution in [1.29, 1.82) is 0 Å². The number of rotatable bonds is 16. The van der Waals surface area contributed by atoms with Crippen LogP contribution in [0.4, 0.5) is 5.69 Å². The van der Waals surface area contributed by atoms with Crippen molar-refractivity contribution in [3.05, 3.63) is 88.1 Å². The normalized spacial score (nSPS) is 25.9. The second kappa shape index (κ2) is 18.0. The standard InChI is InChI=1S/C44H61N9O5/c1-26-36-20-31(44(36,3)4)21-37(26)49-43(56)40-39(27(2)54)38(23-47-50-45)58-53(40)24-28-13-12-15-35(41(28)57-9)29-17-30(19-34(18-29)52(7)8)42(55)48-33(25-51(5)6)22-32-14-10-11-16-46-32/h10-19,26-27,31,33,36-40,54H,20-25H2,1-9H3,(H,48,55)(H,49,56)/t26-,27-,31-,33-,36+,37-,38-,39+,40-/m0/s1. The Morgan fingerprint density at radius 2 is 1.91 bits per heavy atom. The van der Waals surface area contributed by atoms with Gasteiger partial charge in [0.15, 0.2) is 0 Å². The third kappa shape index (κ3) is 9.11. The van der Waals surface area contributed by atoms with Crippen LogP contribution < -0.4 is 20.3 Å². The summed E-state index contributed by atoms with van der Waals surface area (Å²) in [6.07, 6.45) is 2.79. The number of nitrogens with zero attached hydrogens (tertiary/aromatic N) is 7. The average Bonchev–Trinajstić information content (AvgIpc) is 3.55. The Morgan fingerprint density at radius 1 is 1.14 bits per heavy atom. The summed E-state index contributed by atoms with van der Waals surface area (Å²) >= 11 is 0. The van der Waals surface area contributed by atoms with Crippen molar-refractivity contribution in [3.8, 4) is 16.9 Å². The van der Waals surface area contributed by atoms with Crippen LogP contribution >= 0.6 is 0 Å². The number of aliphatic hydroxyl groups excluding tert-OH is 1. The zero-order valence-corrected chi connectivity index (χ0v) is 35.4. The molecule has 2 heterocycles. The number of para-hydroxylation sites is 1. The lowest BCUT2D eigenvalue weighted by Crippen LogP contribution is -2.62. The van der Waals surface area contributed by atoms with E-state index in [4.69, 9.17) is 9.57 Å². The van der Waals surface area contributed by atoms with Crippen molar-refractivity contribution < 1.29 is 24.3 Å². The van der Waals surface area contributed by atoms with Crippen molar-refractivity contribution in [2.24, 2.45) is 34.2 Å². The Hall–Kier alpha value is -4.72. The van der Waals surface area contributed by atoms with E-state index in [9.17, 15) is 20.2 Å². The van der Waals surface area contributed by atoms with E-state index in [1.54, 1.807) is 25.3 Å². The largest absolute Gasteiger partial charge is 0.496 e. The van der Waals surface area contributed by atoms with Crippen molar-refractivity contribution in [1.82, 2.24) is 25.6 Å². The van der Waals surface area contributed by atoms with Crippen LogP contribution in [0.3, 0.4) is 0 Å². The van der Waals surface area contributed by atoms with Crippen molar-refractivity contribution in [2.75, 3.05) is 53.3 Å². The fourth-order valence-electron chi connectivity index (χ4n) is 9.74. The maximum atomic E-state index is 14.4. The van der Waals surface area contributed by atoms with Gasteiger partial charge in [-0.15, -0.1) is 0 Å². The number of methoxy groups -OCH3 is 1. The van der Waals surface area contributed by atoms with Gasteiger partial charge in [0.05, 0.1) is 32.4 Å². The van der Waals surface area contributed by atoms with Crippen LogP contribution in [0.1, 0.15) is 62.2 Å². The predicted molar refractivity (Wildman–Crippen MR) is 225 cm³/mol. The predicted octanol–water partition coefficient (Wildman–Crippen LogP) is 5.70. The Balaban J connectivity index is 1.30. The lowest BCUT2D eigenvalue weighted by Gasteiger charge is -2.62. The Kier molecular flexibility index (Phi) is 13.3. The molecule has 4 aliphatic rings. The number of hydrogen-bond donors (Lipinski definition) is 3. The molecule has 14 nitrogen and oxygen atoms in total. The zero-order valence-electron chi connectivity index (χ0n) is 35.4. The maximum Gasteiger partial charge on any atom is 0.251 e. The fourth-order valence-corrected chi connectivity index (χ4v) is 9.74. The van der Waals surface area contributed by atoms with Crippen molar-refractivity contribution >= 4 is 17.5 Å². The third-order valence-corrected chi connectivity index (χ3v) is 12.9. The number of benzene rings is 2. The molecule has 0 radical (unpaired) electrons. The number of anilines is 1. The first-order valence-electron chi connectivity index (χ1n) is 20.4. The Morgan fingerprint density at radius 3 is 2.53 bits per heavy atom. The summed E-state index contributed by atoms with van der Waals surface area (Å²) in [6.45, 7) is 9.28. The lowest BCUT2D eigenvalue weighted by atomic mass is 9.45. The highest BCUT2D eigenvalue weighted by atomic mass is 16.7. The van der Waals surface area contributed by atoms with Gasteiger partial charge in [0, 0.05) is 84.2 Å². The highest BCUT2D eigenvalue weighted by Crippen LogP contribution is 2.61. The molecule has 1 saturated heterocycles. The van der Waals surface area contributed by atoms with Gasteiger partial charge < -0.3 is 30.3 Å². The molecule has 2 bridgehead atoms. The van der Waals surface area contributed by atoms with Crippen molar-refractivity contribution in [3.63, 3.8) is 0 Å². The van der Waals surface area contributed by atoms with Gasteiger partial charge in [0.25, 0.3) is 5.91 Å². The lowest BCUT2D eigenvalue weighted by molar-refractivity contribution is -0.175. The second-order valence-electron chi connectivity index (χ2n) is 17.6. The van der Waals surface area contributed by atoms with E-state index in [0.717, 1.165) is 34.5 Å². The number of aromatic nitrogens is 1. The third-order valence-electron chi connectivity index (χ3n) is 12.9. The molecule has 7 rings (SSSR count). The monoisotopic (exact) mass is 795 g/mol. The summed E-state index contributed by atoms with van der Waals surface area (Å²) < 4.78 is 6.12. The van der Waals surface area contributed by atoms with Crippen LogP contribution in [0.5, 0.6) is 5.75 Å². The quantitative estimate of drug-likeness (QED) is 0.0936. The topological polar surface area (TPSA) is 168 Å². The summed E-state index contributed by atoms with van der Waals surface area (Å²) in [6, 6.07) is 16.3. The number of likely N-dealkylation sites (N-methyl/N-ethyl adjacent to an activating group) is 1. The number of carbonyl (C=O) groups excluding carboxylic acids is 2. The second-order valence-corrected chi connectivity index (χ2v) is 17.6. The maximum absolute atomic E-state index is 14.4. The van der Waals surface area contributed by atoms with Crippen LogP contribution in [-0.2, 0) is 22.6 Å². The number of amides is 2. The number of azide groups is 1. The van der Waals surface area contributed by atoms with Gasteiger partial charge in [-0.1, -0.05) is 50.2 Å². The molecule has 9 atom stereocenters. The van der Waals surface area contributed by atoms with E-state index in [1.165, 1.54) is 6.42 Å². The van der Waals surface area contributed by atoms with Crippen molar-refractivity contribution in [2.45, 2.75) is 83.8 Å². The van der Waals surface area contributed by atoms with Crippen LogP contribution in [0, 0.1) is 29.1 Å². The number of aliphatic hydroxyl groups is 1. The zero-order chi connectivity index (χ0) is 41.9. The Labute approximate surface area is 342 Å². The van der Waals surface area contributed by atoms with Crippen LogP contribution in [0.15, 0.2) is 65.9 Å². The summed E-state index contributed by atoms with van der Waals surface area (Å²) in [5, 5.41) is 23.1. The average molecular weight is 796 g/mol. The van der Waals surface area contributed by atoms with Gasteiger partial charge in [0.1, 0.15) is 11.8 Å². The SMILES string of the molecule is COc1c(CN2O[C@@H](CN=[N+]=[N-])[C@@H]([C@H](C)O)[C@H]2C(=O)N[C@H]2C[C@@H]3C[C@H]([C@@H]2C)C3(C)C)cccc1-c1cc(C(=O)N[C@@H](Cc2ccccn2)CN(C)C)cc(N(C)C)c1. The molecule has 312 valence electrons. The van der Waals surface area contributed by atoms with Gasteiger partial charge in [0.2, 0.25) is 5.91 Å². The van der Waals surface area contributed by atoms with Gasteiger partial charge in [-0.25, -0.2) is 0 Å². The molecule has 1 aromatic heterocycles. The van der Waals surface area contributed by atoms with Gasteiger partial charge in [-0.3, -0.25) is 19.4 Å². The Bertz CT molecular complexity index is 1970. The number of fused-ring (bicyclic) bond motifs is 2. The molecular weight excluding hydrogens is 735 g/mol. The van der Waals surface area contributed by atoms with Crippen LogP contribution in [0.2, 0.25) is 0 Å².